The molecule has 2 aromatic rings. The summed E-state index contributed by atoms with van der Waals surface area (Å²) in [6.45, 7) is 0.825. The molecule has 0 saturated carbocycles. The van der Waals surface area contributed by atoms with E-state index in [9.17, 15) is 9.59 Å². The Morgan fingerprint density at radius 2 is 1.91 bits per heavy atom. The Kier molecular flexibility index (Phi) is 6.25. The zero-order valence-corrected chi connectivity index (χ0v) is 14.1. The monoisotopic (exact) mass is 377 g/mol. The summed E-state index contributed by atoms with van der Waals surface area (Å²) in [5.74, 6) is -0.652. The number of nitrogens with one attached hydrogen (secondary N) is 2. The fraction of sp³-hybridized carbons (Fsp3) is 0.188. The van der Waals surface area contributed by atoms with Gasteiger partial charge in [-0.05, 0) is 36.4 Å². The number of hydrogen-bond acceptors (Lipinski definition) is 4. The smallest absolute Gasteiger partial charge is 0.274 e. The van der Waals surface area contributed by atoms with Crippen molar-refractivity contribution in [1.29, 1.82) is 0 Å². The second-order valence-corrected chi connectivity index (χ2v) is 5.56. The van der Waals surface area contributed by atoms with E-state index in [1.165, 1.54) is 12.3 Å². The highest BCUT2D eigenvalue weighted by Gasteiger charge is 2.12. The number of halogens is 1. The largest absolute Gasteiger partial charge is 0.383 e. The fourth-order valence-electron chi connectivity index (χ4n) is 1.79. The summed E-state index contributed by atoms with van der Waals surface area (Å²) in [4.78, 5) is 28.2. The van der Waals surface area contributed by atoms with Crippen molar-refractivity contribution >= 4 is 33.4 Å². The number of benzene rings is 1. The topological polar surface area (TPSA) is 80.3 Å². The van der Waals surface area contributed by atoms with Crippen molar-refractivity contribution in [2.45, 2.75) is 0 Å². The molecule has 0 bridgehead atoms. The first-order valence-corrected chi connectivity index (χ1v) is 7.69. The van der Waals surface area contributed by atoms with E-state index >= 15 is 0 Å². The Morgan fingerprint density at radius 1 is 1.17 bits per heavy atom. The Bertz CT molecular complexity index is 689. The molecule has 0 radical (unpaired) electrons. The fourth-order valence-corrected chi connectivity index (χ4v) is 2.06. The first-order valence-electron chi connectivity index (χ1n) is 6.90. The molecule has 0 aliphatic carbocycles. The standard InChI is InChI=1S/C16H16BrN3O3/c1-23-9-8-19-15(21)11-6-7-18-14(10-11)16(22)20-13-4-2-12(17)3-5-13/h2-7,10H,8-9H2,1H3,(H,19,21)(H,20,22). The SMILES string of the molecule is COCCNC(=O)c1ccnc(C(=O)Nc2ccc(Br)cc2)c1. The molecule has 0 spiro atoms. The van der Waals surface area contributed by atoms with Crippen LogP contribution in [0.5, 0.6) is 0 Å². The predicted molar refractivity (Wildman–Crippen MR) is 90.5 cm³/mol. The highest BCUT2D eigenvalue weighted by Crippen LogP contribution is 2.15. The summed E-state index contributed by atoms with van der Waals surface area (Å²) in [6.07, 6.45) is 1.43. The Labute approximate surface area is 142 Å². The van der Waals surface area contributed by atoms with Crippen LogP contribution in [-0.4, -0.2) is 37.1 Å². The quantitative estimate of drug-likeness (QED) is 0.757. The molecule has 2 rings (SSSR count). The van der Waals surface area contributed by atoms with Crippen LogP contribution in [0.15, 0.2) is 47.1 Å². The first-order chi connectivity index (χ1) is 11.1. The highest BCUT2D eigenvalue weighted by molar-refractivity contribution is 9.10. The van der Waals surface area contributed by atoms with Gasteiger partial charge in [-0.15, -0.1) is 0 Å². The van der Waals surface area contributed by atoms with Gasteiger partial charge in [0.25, 0.3) is 11.8 Å². The van der Waals surface area contributed by atoms with E-state index in [0.717, 1.165) is 4.47 Å². The molecule has 23 heavy (non-hydrogen) atoms. The maximum absolute atomic E-state index is 12.2. The van der Waals surface area contributed by atoms with Crippen LogP contribution in [0.1, 0.15) is 20.8 Å². The lowest BCUT2D eigenvalue weighted by Crippen LogP contribution is -2.27. The van der Waals surface area contributed by atoms with Crippen LogP contribution in [-0.2, 0) is 4.74 Å². The molecule has 2 amide bonds. The Hall–Kier alpha value is -2.25. The van der Waals surface area contributed by atoms with Gasteiger partial charge in [0.1, 0.15) is 5.69 Å². The number of ether oxygens (including phenoxy) is 1. The average Bonchev–Trinajstić information content (AvgIpc) is 2.57. The van der Waals surface area contributed by atoms with Crippen molar-refractivity contribution in [2.24, 2.45) is 0 Å². The lowest BCUT2D eigenvalue weighted by Gasteiger charge is -2.07. The number of rotatable bonds is 6. The van der Waals surface area contributed by atoms with Crippen LogP contribution in [0.3, 0.4) is 0 Å². The maximum atomic E-state index is 12.2. The predicted octanol–water partition coefficient (Wildman–Crippen LogP) is 2.47. The van der Waals surface area contributed by atoms with E-state index in [1.54, 1.807) is 25.3 Å². The minimum atomic E-state index is -0.376. The van der Waals surface area contributed by atoms with E-state index < -0.39 is 0 Å². The van der Waals surface area contributed by atoms with E-state index in [0.29, 0.717) is 24.4 Å². The summed E-state index contributed by atoms with van der Waals surface area (Å²) in [5.41, 5.74) is 1.19. The van der Waals surface area contributed by atoms with Crippen LogP contribution in [0.25, 0.3) is 0 Å². The number of methoxy groups -OCH3 is 1. The van der Waals surface area contributed by atoms with Crippen molar-refractivity contribution < 1.29 is 14.3 Å². The molecule has 0 aliphatic heterocycles. The number of carbonyl (C=O) groups is 2. The molecule has 1 aromatic carbocycles. The van der Waals surface area contributed by atoms with Crippen LogP contribution in [0.2, 0.25) is 0 Å². The number of anilines is 1. The van der Waals surface area contributed by atoms with Gasteiger partial charge in [-0.25, -0.2) is 0 Å². The van der Waals surface area contributed by atoms with E-state index in [4.69, 9.17) is 4.74 Å². The molecule has 2 N–H and O–H groups in total. The summed E-state index contributed by atoms with van der Waals surface area (Å²) >= 11 is 3.33. The van der Waals surface area contributed by atoms with Crippen molar-refractivity contribution in [2.75, 3.05) is 25.6 Å². The zero-order chi connectivity index (χ0) is 16.7. The lowest BCUT2D eigenvalue weighted by atomic mass is 10.2. The minimum Gasteiger partial charge on any atom is -0.383 e. The third kappa shape index (κ3) is 5.15. The molecule has 0 saturated heterocycles. The van der Waals surface area contributed by atoms with Gasteiger partial charge < -0.3 is 15.4 Å². The van der Waals surface area contributed by atoms with Crippen LogP contribution in [0.4, 0.5) is 5.69 Å². The van der Waals surface area contributed by atoms with Crippen molar-refractivity contribution in [1.82, 2.24) is 10.3 Å². The molecule has 120 valence electrons. The lowest BCUT2D eigenvalue weighted by molar-refractivity contribution is 0.0937. The molecule has 0 aliphatic rings. The third-order valence-corrected chi connectivity index (χ3v) is 3.48. The van der Waals surface area contributed by atoms with Gasteiger partial charge in [0.05, 0.1) is 6.61 Å². The van der Waals surface area contributed by atoms with Gasteiger partial charge in [0.2, 0.25) is 0 Å². The van der Waals surface area contributed by atoms with E-state index in [1.807, 2.05) is 12.1 Å². The van der Waals surface area contributed by atoms with Crippen molar-refractivity contribution in [3.63, 3.8) is 0 Å². The molecule has 0 atom stereocenters. The average molecular weight is 378 g/mol. The normalized spacial score (nSPS) is 10.2. The molecular weight excluding hydrogens is 362 g/mol. The molecule has 0 unspecified atom stereocenters. The van der Waals surface area contributed by atoms with Gasteiger partial charge in [0, 0.05) is 35.6 Å². The number of nitrogens with zero attached hydrogens (tertiary/aromatic N) is 1. The number of pyridine rings is 1. The number of hydrogen-bond donors (Lipinski definition) is 2. The van der Waals surface area contributed by atoms with Crippen molar-refractivity contribution in [3.8, 4) is 0 Å². The Morgan fingerprint density at radius 3 is 2.61 bits per heavy atom. The summed E-state index contributed by atoms with van der Waals surface area (Å²) in [7, 11) is 1.56. The molecule has 0 fully saturated rings. The van der Waals surface area contributed by atoms with E-state index in [2.05, 4.69) is 31.5 Å². The van der Waals surface area contributed by atoms with Gasteiger partial charge in [-0.2, -0.15) is 0 Å². The molecule has 6 nitrogen and oxygen atoms in total. The van der Waals surface area contributed by atoms with Crippen molar-refractivity contribution in [3.05, 3.63) is 58.3 Å². The molecule has 7 heteroatoms. The second kappa shape index (κ2) is 8.40. The summed E-state index contributed by atoms with van der Waals surface area (Å²) in [5, 5.41) is 5.42. The third-order valence-electron chi connectivity index (χ3n) is 2.95. The molecule has 1 aromatic heterocycles. The van der Waals surface area contributed by atoms with Gasteiger partial charge in [0.15, 0.2) is 0 Å². The van der Waals surface area contributed by atoms with Crippen LogP contribution >= 0.6 is 15.9 Å². The molecular formula is C16H16BrN3O3. The number of carbonyl (C=O) groups excluding carboxylic acids is 2. The number of amides is 2. The van der Waals surface area contributed by atoms with Gasteiger partial charge in [-0.3, -0.25) is 14.6 Å². The summed E-state index contributed by atoms with van der Waals surface area (Å²) in [6, 6.07) is 10.2. The summed E-state index contributed by atoms with van der Waals surface area (Å²) < 4.78 is 5.79. The Balaban J connectivity index is 2.04. The minimum absolute atomic E-state index is 0.173. The first kappa shape index (κ1) is 17.1. The highest BCUT2D eigenvalue weighted by atomic mass is 79.9. The van der Waals surface area contributed by atoms with Gasteiger partial charge >= 0.3 is 0 Å². The number of aromatic nitrogens is 1. The van der Waals surface area contributed by atoms with Gasteiger partial charge in [-0.1, -0.05) is 15.9 Å². The van der Waals surface area contributed by atoms with E-state index in [-0.39, 0.29) is 17.5 Å². The van der Waals surface area contributed by atoms with Crippen LogP contribution in [0, 0.1) is 0 Å². The van der Waals surface area contributed by atoms with Crippen LogP contribution < -0.4 is 10.6 Å². The zero-order valence-electron chi connectivity index (χ0n) is 12.5. The second-order valence-electron chi connectivity index (χ2n) is 4.64. The maximum Gasteiger partial charge on any atom is 0.274 e. The molecule has 1 heterocycles.